The Hall–Kier alpha value is -4.87. The van der Waals surface area contributed by atoms with Gasteiger partial charge in [0.15, 0.2) is 0 Å². The first-order chi connectivity index (χ1) is 17.1. The zero-order chi connectivity index (χ0) is 26.0. The highest BCUT2D eigenvalue weighted by Crippen LogP contribution is 2.39. The molecule has 12 heteroatoms. The van der Waals surface area contributed by atoms with Crippen LogP contribution in [-0.4, -0.2) is 18.0 Å². The molecular weight excluding hydrogens is 487 g/mol. The number of fused-ring (bicyclic) bond motifs is 1. The quantitative estimate of drug-likeness (QED) is 0.142. The lowest BCUT2D eigenvalue weighted by atomic mass is 10.2. The Morgan fingerprint density at radius 3 is 2.14 bits per heavy atom. The number of esters is 1. The summed E-state index contributed by atoms with van der Waals surface area (Å²) < 4.78 is 61.5. The number of nitro benzene ring substituents is 1. The smallest absolute Gasteiger partial charge is 0.453 e. The molecular formula is C24H14F3NO8. The molecule has 4 aromatic rings. The lowest BCUT2D eigenvalue weighted by Gasteiger charge is -2.14. The second-order valence-electron chi connectivity index (χ2n) is 7.22. The molecule has 0 aliphatic rings. The molecule has 1 aromatic heterocycles. The molecule has 0 saturated carbocycles. The third kappa shape index (κ3) is 4.97. The third-order valence-corrected chi connectivity index (χ3v) is 4.88. The average Bonchev–Trinajstić information content (AvgIpc) is 2.85. The van der Waals surface area contributed by atoms with E-state index in [0.29, 0.717) is 5.75 Å². The van der Waals surface area contributed by atoms with E-state index in [1.54, 1.807) is 0 Å². The number of rotatable bonds is 6. The summed E-state index contributed by atoms with van der Waals surface area (Å²) in [6, 6.07) is 13.3. The molecule has 0 radical (unpaired) electrons. The molecule has 4 rings (SSSR count). The summed E-state index contributed by atoms with van der Waals surface area (Å²) in [7, 11) is 1.41. The van der Waals surface area contributed by atoms with Gasteiger partial charge in [0.2, 0.25) is 11.2 Å². The Morgan fingerprint density at radius 1 is 0.944 bits per heavy atom. The number of nitro groups is 1. The molecule has 36 heavy (non-hydrogen) atoms. The molecule has 0 amide bonds. The molecule has 184 valence electrons. The van der Waals surface area contributed by atoms with Gasteiger partial charge in [0.25, 0.3) is 11.4 Å². The molecule has 0 aliphatic heterocycles. The van der Waals surface area contributed by atoms with Crippen molar-refractivity contribution in [1.29, 1.82) is 0 Å². The number of hydrogen-bond acceptors (Lipinski definition) is 8. The largest absolute Gasteiger partial charge is 0.497 e. The van der Waals surface area contributed by atoms with Crippen LogP contribution in [0.5, 0.6) is 23.0 Å². The van der Waals surface area contributed by atoms with E-state index in [1.165, 1.54) is 37.4 Å². The van der Waals surface area contributed by atoms with Crippen molar-refractivity contribution in [3.63, 3.8) is 0 Å². The third-order valence-electron chi connectivity index (χ3n) is 4.88. The van der Waals surface area contributed by atoms with Gasteiger partial charge < -0.3 is 18.6 Å². The van der Waals surface area contributed by atoms with Crippen molar-refractivity contribution >= 4 is 22.6 Å². The highest BCUT2D eigenvalue weighted by molar-refractivity contribution is 5.92. The summed E-state index contributed by atoms with van der Waals surface area (Å²) >= 11 is 0. The van der Waals surface area contributed by atoms with Gasteiger partial charge in [-0.25, -0.2) is 4.79 Å². The van der Waals surface area contributed by atoms with Gasteiger partial charge in [-0.3, -0.25) is 14.9 Å². The fourth-order valence-electron chi connectivity index (χ4n) is 3.15. The van der Waals surface area contributed by atoms with Crippen LogP contribution in [0.15, 0.2) is 75.9 Å². The molecule has 0 atom stereocenters. The molecule has 0 saturated heterocycles. The summed E-state index contributed by atoms with van der Waals surface area (Å²) in [5, 5.41) is 10.5. The number of hydrogen-bond donors (Lipinski definition) is 0. The SMILES string of the molecule is COc1ccc(Oc2c(C(F)(F)F)oc3cc(OC(=O)c4ccc([N+](=O)[O-])cc4)ccc3c2=O)cc1. The van der Waals surface area contributed by atoms with Crippen molar-refractivity contribution in [1.82, 2.24) is 0 Å². The molecule has 0 aliphatic carbocycles. The normalized spacial score (nSPS) is 11.2. The monoisotopic (exact) mass is 501 g/mol. The zero-order valence-electron chi connectivity index (χ0n) is 18.2. The van der Waals surface area contributed by atoms with Crippen LogP contribution in [0.3, 0.4) is 0 Å². The van der Waals surface area contributed by atoms with Gasteiger partial charge in [-0.2, -0.15) is 13.2 Å². The molecule has 3 aromatic carbocycles. The molecule has 0 bridgehead atoms. The Bertz CT molecular complexity index is 1510. The summed E-state index contributed by atoms with van der Waals surface area (Å²) in [6.45, 7) is 0. The maximum Gasteiger partial charge on any atom is 0.453 e. The van der Waals surface area contributed by atoms with Crippen LogP contribution in [0.4, 0.5) is 18.9 Å². The van der Waals surface area contributed by atoms with E-state index in [9.17, 15) is 32.9 Å². The van der Waals surface area contributed by atoms with Gasteiger partial charge in [-0.1, -0.05) is 0 Å². The molecule has 9 nitrogen and oxygen atoms in total. The Morgan fingerprint density at radius 2 is 1.56 bits per heavy atom. The number of methoxy groups -OCH3 is 1. The van der Waals surface area contributed by atoms with E-state index in [4.69, 9.17) is 18.6 Å². The van der Waals surface area contributed by atoms with E-state index in [1.807, 2.05) is 0 Å². The van der Waals surface area contributed by atoms with Gasteiger partial charge in [0, 0.05) is 18.2 Å². The summed E-state index contributed by atoms with van der Waals surface area (Å²) in [5.41, 5.74) is -1.87. The van der Waals surface area contributed by atoms with Crippen molar-refractivity contribution in [2.45, 2.75) is 6.18 Å². The van der Waals surface area contributed by atoms with Crippen LogP contribution < -0.4 is 19.6 Å². The highest BCUT2D eigenvalue weighted by Gasteiger charge is 2.40. The number of carbonyl (C=O) groups excluding carboxylic acids is 1. The van der Waals surface area contributed by atoms with Gasteiger partial charge in [0.1, 0.15) is 22.8 Å². The van der Waals surface area contributed by atoms with E-state index in [2.05, 4.69) is 0 Å². The predicted molar refractivity (Wildman–Crippen MR) is 119 cm³/mol. The van der Waals surface area contributed by atoms with Crippen LogP contribution in [0, 0.1) is 10.1 Å². The molecule has 0 unspecified atom stereocenters. The average molecular weight is 501 g/mol. The fraction of sp³-hybridized carbons (Fsp3) is 0.0833. The first-order valence-corrected chi connectivity index (χ1v) is 10.0. The van der Waals surface area contributed by atoms with E-state index < -0.39 is 39.6 Å². The Labute approximate surface area is 199 Å². The summed E-state index contributed by atoms with van der Waals surface area (Å²) in [6.07, 6.45) is -5.08. The van der Waals surface area contributed by atoms with Crippen LogP contribution in [0.2, 0.25) is 0 Å². The van der Waals surface area contributed by atoms with Crippen molar-refractivity contribution in [2.75, 3.05) is 7.11 Å². The minimum Gasteiger partial charge on any atom is -0.497 e. The van der Waals surface area contributed by atoms with Gasteiger partial charge in [0.05, 0.1) is 23.0 Å². The number of non-ortho nitro benzene ring substituents is 1. The number of halogens is 3. The number of carbonyl (C=O) groups is 1. The topological polar surface area (TPSA) is 118 Å². The van der Waals surface area contributed by atoms with Crippen LogP contribution in [-0.2, 0) is 6.18 Å². The van der Waals surface area contributed by atoms with Crippen LogP contribution >= 0.6 is 0 Å². The highest BCUT2D eigenvalue weighted by atomic mass is 19.4. The summed E-state index contributed by atoms with van der Waals surface area (Å²) in [5.74, 6) is -3.50. The van der Waals surface area contributed by atoms with Crippen molar-refractivity contribution in [3.8, 4) is 23.0 Å². The van der Waals surface area contributed by atoms with E-state index in [0.717, 1.165) is 36.4 Å². The number of nitrogens with zero attached hydrogens (tertiary/aromatic N) is 1. The maximum absolute atomic E-state index is 13.7. The summed E-state index contributed by atoms with van der Waals surface area (Å²) in [4.78, 5) is 35.3. The van der Waals surface area contributed by atoms with Gasteiger partial charge in [-0.15, -0.1) is 0 Å². The lowest BCUT2D eigenvalue weighted by Crippen LogP contribution is -2.15. The van der Waals surface area contributed by atoms with E-state index >= 15 is 0 Å². The molecule has 1 heterocycles. The second kappa shape index (κ2) is 9.41. The standard InChI is InChI=1S/C24H14F3NO8/c1-33-15-6-8-16(9-7-15)34-21-20(29)18-11-10-17(12-19(18)36-22(21)24(25,26)27)35-23(30)13-2-4-14(5-3-13)28(31)32/h2-12H,1H3. The minimum absolute atomic E-state index is 0.0404. The van der Waals surface area contributed by atoms with Gasteiger partial charge in [-0.05, 0) is 48.5 Å². The maximum atomic E-state index is 13.7. The minimum atomic E-state index is -5.08. The van der Waals surface area contributed by atoms with E-state index in [-0.39, 0.29) is 28.1 Å². The zero-order valence-corrected chi connectivity index (χ0v) is 18.2. The van der Waals surface area contributed by atoms with Crippen molar-refractivity contribution < 1.29 is 41.5 Å². The number of ether oxygens (including phenoxy) is 3. The van der Waals surface area contributed by atoms with Gasteiger partial charge >= 0.3 is 12.1 Å². The molecule has 0 fully saturated rings. The van der Waals surface area contributed by atoms with Crippen molar-refractivity contribution in [2.24, 2.45) is 0 Å². The Kier molecular flexibility index (Phi) is 6.34. The lowest BCUT2D eigenvalue weighted by molar-refractivity contribution is -0.384. The fourth-order valence-corrected chi connectivity index (χ4v) is 3.15. The van der Waals surface area contributed by atoms with Crippen molar-refractivity contribution in [3.05, 3.63) is 98.4 Å². The Balaban J connectivity index is 1.69. The first-order valence-electron chi connectivity index (χ1n) is 10.0. The number of alkyl halides is 3. The molecule has 0 N–H and O–H groups in total. The second-order valence-corrected chi connectivity index (χ2v) is 7.22. The predicted octanol–water partition coefficient (Wildman–Crippen LogP) is 5.74. The van der Waals surface area contributed by atoms with Crippen LogP contribution in [0.1, 0.15) is 16.1 Å². The van der Waals surface area contributed by atoms with Crippen LogP contribution in [0.25, 0.3) is 11.0 Å². The molecule has 0 spiro atoms. The number of benzene rings is 3. The first kappa shape index (κ1) is 24.3.